The van der Waals surface area contributed by atoms with Gasteiger partial charge in [-0.3, -0.25) is 4.79 Å². The molecule has 0 bridgehead atoms. The van der Waals surface area contributed by atoms with E-state index in [1.807, 2.05) is 20.8 Å². The Morgan fingerprint density at radius 2 is 1.95 bits per heavy atom. The van der Waals surface area contributed by atoms with Crippen molar-refractivity contribution in [3.8, 4) is 5.75 Å². The molecular formula is C16H17ClN2O2. The predicted octanol–water partition coefficient (Wildman–Crippen LogP) is 4.08. The third-order valence-corrected chi connectivity index (χ3v) is 3.01. The van der Waals surface area contributed by atoms with E-state index >= 15 is 0 Å². The van der Waals surface area contributed by atoms with Crippen molar-refractivity contribution < 1.29 is 9.53 Å². The monoisotopic (exact) mass is 304 g/mol. The van der Waals surface area contributed by atoms with Crippen LogP contribution in [0.1, 0.15) is 29.8 Å². The van der Waals surface area contributed by atoms with E-state index in [0.717, 1.165) is 11.3 Å². The lowest BCUT2D eigenvalue weighted by molar-refractivity contribution is 0.102. The van der Waals surface area contributed by atoms with Crippen molar-refractivity contribution in [3.05, 3.63) is 52.8 Å². The van der Waals surface area contributed by atoms with Gasteiger partial charge in [-0.1, -0.05) is 11.6 Å². The first-order valence-electron chi connectivity index (χ1n) is 6.66. The van der Waals surface area contributed by atoms with E-state index < -0.39 is 0 Å². The molecule has 2 aromatic rings. The normalized spacial score (nSPS) is 10.5. The van der Waals surface area contributed by atoms with Gasteiger partial charge in [0.05, 0.1) is 11.8 Å². The van der Waals surface area contributed by atoms with Crippen LogP contribution in [0.25, 0.3) is 0 Å². The molecule has 1 N–H and O–H groups in total. The summed E-state index contributed by atoms with van der Waals surface area (Å²) in [5, 5.41) is 3.03. The zero-order valence-corrected chi connectivity index (χ0v) is 12.9. The molecule has 21 heavy (non-hydrogen) atoms. The lowest BCUT2D eigenvalue weighted by atomic mass is 10.2. The summed E-state index contributed by atoms with van der Waals surface area (Å²) in [5.41, 5.74) is 1.96. The summed E-state index contributed by atoms with van der Waals surface area (Å²) in [5.74, 6) is 0.497. The van der Waals surface area contributed by atoms with Crippen LogP contribution in [0, 0.1) is 6.92 Å². The molecule has 4 nitrogen and oxygen atoms in total. The van der Waals surface area contributed by atoms with Crippen LogP contribution in [0.5, 0.6) is 5.75 Å². The Morgan fingerprint density at radius 3 is 2.57 bits per heavy atom. The first-order chi connectivity index (χ1) is 9.95. The van der Waals surface area contributed by atoms with E-state index in [0.29, 0.717) is 11.3 Å². The van der Waals surface area contributed by atoms with Gasteiger partial charge in [-0.2, -0.15) is 0 Å². The lowest BCUT2D eigenvalue weighted by Gasteiger charge is -2.10. The number of aromatic nitrogens is 1. The number of carbonyl (C=O) groups is 1. The number of benzene rings is 1. The van der Waals surface area contributed by atoms with Gasteiger partial charge in [-0.05, 0) is 56.7 Å². The maximum Gasteiger partial charge on any atom is 0.255 e. The Morgan fingerprint density at radius 1 is 1.29 bits per heavy atom. The number of nitrogens with zero attached hydrogens (tertiary/aromatic N) is 1. The summed E-state index contributed by atoms with van der Waals surface area (Å²) in [4.78, 5) is 16.2. The van der Waals surface area contributed by atoms with Crippen molar-refractivity contribution in [2.75, 3.05) is 5.32 Å². The van der Waals surface area contributed by atoms with E-state index in [4.69, 9.17) is 16.3 Å². The van der Waals surface area contributed by atoms with Gasteiger partial charge in [0.1, 0.15) is 5.75 Å². The molecule has 0 aliphatic carbocycles. The van der Waals surface area contributed by atoms with Crippen molar-refractivity contribution >= 4 is 23.2 Å². The van der Waals surface area contributed by atoms with E-state index in [9.17, 15) is 4.79 Å². The maximum absolute atomic E-state index is 12.2. The number of nitrogens with one attached hydrogen (secondary N) is 1. The van der Waals surface area contributed by atoms with Gasteiger partial charge in [0.15, 0.2) is 5.15 Å². The molecule has 2 rings (SSSR count). The summed E-state index contributed by atoms with van der Waals surface area (Å²) in [6, 6.07) is 8.74. The first-order valence-corrected chi connectivity index (χ1v) is 7.03. The van der Waals surface area contributed by atoms with Gasteiger partial charge in [0.2, 0.25) is 0 Å². The Labute approximate surface area is 129 Å². The SMILES string of the molecule is Cc1cnc(Cl)c(NC(=O)c2ccc(OC(C)C)cc2)c1. The number of hydrogen-bond acceptors (Lipinski definition) is 3. The Hall–Kier alpha value is -2.07. The summed E-state index contributed by atoms with van der Waals surface area (Å²) >= 11 is 5.96. The minimum Gasteiger partial charge on any atom is -0.491 e. The van der Waals surface area contributed by atoms with Crippen molar-refractivity contribution in [1.29, 1.82) is 0 Å². The predicted molar refractivity (Wildman–Crippen MR) is 84.1 cm³/mol. The number of rotatable bonds is 4. The molecular weight excluding hydrogens is 288 g/mol. The number of anilines is 1. The number of carbonyl (C=O) groups excluding carboxylic acids is 1. The molecule has 0 aliphatic rings. The molecule has 110 valence electrons. The molecule has 0 saturated carbocycles. The fourth-order valence-electron chi connectivity index (χ4n) is 1.79. The molecule has 1 amide bonds. The van der Waals surface area contributed by atoms with Gasteiger partial charge in [-0.25, -0.2) is 4.98 Å². The number of halogens is 1. The standard InChI is InChI=1S/C16H17ClN2O2/c1-10(2)21-13-6-4-12(5-7-13)16(20)19-14-8-11(3)9-18-15(14)17/h4-10H,1-3H3,(H,19,20). The van der Waals surface area contributed by atoms with Crippen LogP contribution in [0.2, 0.25) is 5.15 Å². The molecule has 0 saturated heterocycles. The smallest absolute Gasteiger partial charge is 0.255 e. The Balaban J connectivity index is 2.11. The minimum atomic E-state index is -0.236. The van der Waals surface area contributed by atoms with Crippen LogP contribution in [0.15, 0.2) is 36.5 Å². The highest BCUT2D eigenvalue weighted by Crippen LogP contribution is 2.21. The van der Waals surface area contributed by atoms with Crippen LogP contribution in [-0.4, -0.2) is 17.0 Å². The third kappa shape index (κ3) is 4.20. The fourth-order valence-corrected chi connectivity index (χ4v) is 1.94. The van der Waals surface area contributed by atoms with E-state index in [2.05, 4.69) is 10.3 Å². The third-order valence-electron chi connectivity index (χ3n) is 2.71. The number of aryl methyl sites for hydroxylation is 1. The highest BCUT2D eigenvalue weighted by Gasteiger charge is 2.10. The number of amides is 1. The Kier molecular flexibility index (Phi) is 4.81. The average Bonchev–Trinajstić information content (AvgIpc) is 2.43. The summed E-state index contributed by atoms with van der Waals surface area (Å²) in [6.45, 7) is 5.79. The summed E-state index contributed by atoms with van der Waals surface area (Å²) in [7, 11) is 0. The first kappa shape index (κ1) is 15.3. The lowest BCUT2D eigenvalue weighted by Crippen LogP contribution is -2.13. The summed E-state index contributed by atoms with van der Waals surface area (Å²) in [6.07, 6.45) is 1.75. The van der Waals surface area contributed by atoms with Gasteiger partial charge in [0.25, 0.3) is 5.91 Å². The van der Waals surface area contributed by atoms with Crippen molar-refractivity contribution in [2.24, 2.45) is 0 Å². The molecule has 5 heteroatoms. The van der Waals surface area contributed by atoms with E-state index in [1.165, 1.54) is 0 Å². The number of ether oxygens (including phenoxy) is 1. The number of hydrogen-bond donors (Lipinski definition) is 1. The van der Waals surface area contributed by atoms with Crippen molar-refractivity contribution in [1.82, 2.24) is 4.98 Å². The van der Waals surface area contributed by atoms with E-state index in [1.54, 1.807) is 36.5 Å². The van der Waals surface area contributed by atoms with Crippen molar-refractivity contribution in [3.63, 3.8) is 0 Å². The quantitative estimate of drug-likeness (QED) is 0.866. The average molecular weight is 305 g/mol. The molecule has 0 aliphatic heterocycles. The van der Waals surface area contributed by atoms with Crippen LogP contribution >= 0.6 is 11.6 Å². The molecule has 0 fully saturated rings. The van der Waals surface area contributed by atoms with Gasteiger partial charge in [0, 0.05) is 11.8 Å². The Bertz CT molecular complexity index is 639. The highest BCUT2D eigenvalue weighted by molar-refractivity contribution is 6.32. The molecule has 1 heterocycles. The topological polar surface area (TPSA) is 51.2 Å². The minimum absolute atomic E-state index is 0.0989. The molecule has 0 radical (unpaired) electrons. The molecule has 1 aromatic heterocycles. The van der Waals surface area contributed by atoms with E-state index in [-0.39, 0.29) is 17.2 Å². The fraction of sp³-hybridized carbons (Fsp3) is 0.250. The van der Waals surface area contributed by atoms with Crippen LogP contribution < -0.4 is 10.1 Å². The number of pyridine rings is 1. The van der Waals surface area contributed by atoms with Crippen LogP contribution in [0.3, 0.4) is 0 Å². The van der Waals surface area contributed by atoms with Crippen LogP contribution in [-0.2, 0) is 0 Å². The second-order valence-electron chi connectivity index (χ2n) is 5.00. The van der Waals surface area contributed by atoms with Gasteiger partial charge < -0.3 is 10.1 Å². The van der Waals surface area contributed by atoms with Crippen molar-refractivity contribution in [2.45, 2.75) is 26.9 Å². The molecule has 0 unspecified atom stereocenters. The zero-order valence-electron chi connectivity index (χ0n) is 12.2. The summed E-state index contributed by atoms with van der Waals surface area (Å²) < 4.78 is 5.54. The van der Waals surface area contributed by atoms with Gasteiger partial charge in [-0.15, -0.1) is 0 Å². The highest BCUT2D eigenvalue weighted by atomic mass is 35.5. The molecule has 1 aromatic carbocycles. The maximum atomic E-state index is 12.2. The van der Waals surface area contributed by atoms with Gasteiger partial charge >= 0.3 is 0 Å². The molecule has 0 atom stereocenters. The van der Waals surface area contributed by atoms with Crippen LogP contribution in [0.4, 0.5) is 5.69 Å². The second-order valence-corrected chi connectivity index (χ2v) is 5.35. The molecule has 0 spiro atoms. The second kappa shape index (κ2) is 6.59. The zero-order chi connectivity index (χ0) is 15.4. The largest absolute Gasteiger partial charge is 0.491 e.